The number of amides is 1. The zero-order valence-corrected chi connectivity index (χ0v) is 11.8. The van der Waals surface area contributed by atoms with E-state index in [0.29, 0.717) is 12.2 Å². The summed E-state index contributed by atoms with van der Waals surface area (Å²) in [4.78, 5) is 22.6. The lowest BCUT2D eigenvalue weighted by atomic mass is 10.2. The van der Waals surface area contributed by atoms with Gasteiger partial charge in [-0.25, -0.2) is 4.79 Å². The van der Waals surface area contributed by atoms with Gasteiger partial charge in [0.15, 0.2) is 0 Å². The first-order valence-corrected chi connectivity index (χ1v) is 7.60. The molecule has 0 aromatic carbocycles. The maximum atomic E-state index is 11.7. The van der Waals surface area contributed by atoms with Crippen LogP contribution in [-0.2, 0) is 22.1 Å². The van der Waals surface area contributed by atoms with Crippen molar-refractivity contribution >= 4 is 22.7 Å². The van der Waals surface area contributed by atoms with Gasteiger partial charge in [0.25, 0.3) is 0 Å². The van der Waals surface area contributed by atoms with E-state index in [0.717, 1.165) is 0 Å². The minimum absolute atomic E-state index is 0.0335. The standard InChI is InChI=1S/C12H18N2O4S/c1-9(5-7-19(2)18)13-11(15)8-14-6-3-4-10(14)12(16)17/h3-4,6,9H,5,7-8H2,1-2H3,(H,13,15)(H,16,17). The molecule has 0 saturated carbocycles. The summed E-state index contributed by atoms with van der Waals surface area (Å²) in [6, 6.07) is 2.94. The Balaban J connectivity index is 2.49. The number of nitrogens with zero attached hydrogens (tertiary/aromatic N) is 1. The highest BCUT2D eigenvalue weighted by Gasteiger charge is 2.13. The Labute approximate surface area is 114 Å². The van der Waals surface area contributed by atoms with Gasteiger partial charge in [-0.2, -0.15) is 0 Å². The monoisotopic (exact) mass is 286 g/mol. The molecule has 2 unspecified atom stereocenters. The number of carboxylic acid groups (broad SMARTS) is 1. The maximum Gasteiger partial charge on any atom is 0.352 e. The Morgan fingerprint density at radius 2 is 2.21 bits per heavy atom. The average molecular weight is 286 g/mol. The molecular formula is C12H18N2O4S. The molecule has 0 aliphatic rings. The zero-order valence-electron chi connectivity index (χ0n) is 11.0. The Kier molecular flexibility index (Phi) is 5.75. The van der Waals surface area contributed by atoms with Gasteiger partial charge in [-0.3, -0.25) is 9.00 Å². The van der Waals surface area contributed by atoms with E-state index in [2.05, 4.69) is 5.32 Å². The lowest BCUT2D eigenvalue weighted by Crippen LogP contribution is -2.36. The number of rotatable bonds is 7. The van der Waals surface area contributed by atoms with Crippen LogP contribution in [0.25, 0.3) is 0 Å². The molecule has 106 valence electrons. The van der Waals surface area contributed by atoms with Crippen LogP contribution in [0.3, 0.4) is 0 Å². The van der Waals surface area contributed by atoms with Crippen LogP contribution in [0.5, 0.6) is 0 Å². The van der Waals surface area contributed by atoms with Gasteiger partial charge < -0.3 is 15.0 Å². The molecule has 1 amide bonds. The summed E-state index contributed by atoms with van der Waals surface area (Å²) in [5.74, 6) is -0.786. The summed E-state index contributed by atoms with van der Waals surface area (Å²) >= 11 is 0. The van der Waals surface area contributed by atoms with Crippen LogP contribution in [-0.4, -0.2) is 43.8 Å². The number of carbonyl (C=O) groups excluding carboxylic acids is 1. The Bertz CT molecular complexity index is 484. The highest BCUT2D eigenvalue weighted by Crippen LogP contribution is 2.02. The molecule has 0 fully saturated rings. The smallest absolute Gasteiger partial charge is 0.352 e. The average Bonchev–Trinajstić information content (AvgIpc) is 2.74. The Morgan fingerprint density at radius 1 is 1.53 bits per heavy atom. The van der Waals surface area contributed by atoms with Crippen molar-refractivity contribution in [1.29, 1.82) is 0 Å². The van der Waals surface area contributed by atoms with Crippen molar-refractivity contribution in [2.45, 2.75) is 25.9 Å². The van der Waals surface area contributed by atoms with E-state index in [-0.39, 0.29) is 24.2 Å². The summed E-state index contributed by atoms with van der Waals surface area (Å²) in [7, 11) is -0.877. The van der Waals surface area contributed by atoms with Gasteiger partial charge in [0.2, 0.25) is 5.91 Å². The molecule has 19 heavy (non-hydrogen) atoms. The SMILES string of the molecule is CC(CCS(C)=O)NC(=O)Cn1cccc1C(=O)O. The van der Waals surface area contributed by atoms with Crippen molar-refractivity contribution in [2.24, 2.45) is 0 Å². The van der Waals surface area contributed by atoms with E-state index in [9.17, 15) is 13.8 Å². The normalized spacial score (nSPS) is 13.8. The third-order valence-corrected chi connectivity index (χ3v) is 3.42. The van der Waals surface area contributed by atoms with E-state index in [1.165, 1.54) is 10.6 Å². The molecule has 0 radical (unpaired) electrons. The number of aromatic carboxylic acids is 1. The van der Waals surface area contributed by atoms with Crippen LogP contribution in [0.1, 0.15) is 23.8 Å². The van der Waals surface area contributed by atoms with Crippen LogP contribution in [0.15, 0.2) is 18.3 Å². The zero-order chi connectivity index (χ0) is 14.4. The number of hydrogen-bond donors (Lipinski definition) is 2. The molecule has 0 saturated heterocycles. The fourth-order valence-corrected chi connectivity index (χ4v) is 2.32. The van der Waals surface area contributed by atoms with Crippen LogP contribution < -0.4 is 5.32 Å². The second-order valence-corrected chi connectivity index (χ2v) is 5.92. The summed E-state index contributed by atoms with van der Waals surface area (Å²) < 4.78 is 12.3. The second kappa shape index (κ2) is 7.08. The van der Waals surface area contributed by atoms with E-state index < -0.39 is 16.8 Å². The topological polar surface area (TPSA) is 88.4 Å². The predicted octanol–water partition coefficient (Wildman–Crippen LogP) is 0.460. The third-order valence-electron chi connectivity index (χ3n) is 2.61. The minimum Gasteiger partial charge on any atom is -0.477 e. The summed E-state index contributed by atoms with van der Waals surface area (Å²) in [6.07, 6.45) is 3.80. The first kappa shape index (κ1) is 15.4. The van der Waals surface area contributed by atoms with E-state index in [4.69, 9.17) is 5.11 Å². The van der Waals surface area contributed by atoms with Crippen LogP contribution >= 0.6 is 0 Å². The van der Waals surface area contributed by atoms with Crippen molar-refractivity contribution < 1.29 is 18.9 Å². The van der Waals surface area contributed by atoms with Crippen LogP contribution in [0.2, 0.25) is 0 Å². The quantitative estimate of drug-likeness (QED) is 0.762. The van der Waals surface area contributed by atoms with Gasteiger partial charge in [0.1, 0.15) is 12.2 Å². The molecular weight excluding hydrogens is 268 g/mol. The van der Waals surface area contributed by atoms with Gasteiger partial charge in [0.05, 0.1) is 0 Å². The number of hydrogen-bond acceptors (Lipinski definition) is 3. The van der Waals surface area contributed by atoms with Gasteiger partial charge in [-0.15, -0.1) is 0 Å². The van der Waals surface area contributed by atoms with Gasteiger partial charge in [0, 0.05) is 35.0 Å². The second-order valence-electron chi connectivity index (χ2n) is 4.36. The van der Waals surface area contributed by atoms with Gasteiger partial charge >= 0.3 is 5.97 Å². The van der Waals surface area contributed by atoms with E-state index in [1.807, 2.05) is 6.92 Å². The molecule has 1 aromatic rings. The highest BCUT2D eigenvalue weighted by molar-refractivity contribution is 7.84. The van der Waals surface area contributed by atoms with Gasteiger partial charge in [-0.05, 0) is 25.5 Å². The molecule has 0 spiro atoms. The summed E-state index contributed by atoms with van der Waals surface area (Å²) in [5.41, 5.74) is 0.0810. The fraction of sp³-hybridized carbons (Fsp3) is 0.500. The van der Waals surface area contributed by atoms with E-state index >= 15 is 0 Å². The molecule has 7 heteroatoms. The molecule has 0 aliphatic heterocycles. The first-order valence-electron chi connectivity index (χ1n) is 5.88. The lowest BCUT2D eigenvalue weighted by Gasteiger charge is -2.14. The number of carbonyl (C=O) groups is 2. The lowest BCUT2D eigenvalue weighted by molar-refractivity contribution is -0.122. The Hall–Kier alpha value is -1.63. The maximum absolute atomic E-state index is 11.7. The molecule has 1 heterocycles. The van der Waals surface area contributed by atoms with Crippen LogP contribution in [0.4, 0.5) is 0 Å². The fourth-order valence-electron chi connectivity index (χ4n) is 1.64. The Morgan fingerprint density at radius 3 is 2.79 bits per heavy atom. The first-order chi connectivity index (χ1) is 8.90. The molecule has 2 atom stereocenters. The number of nitrogens with one attached hydrogen (secondary N) is 1. The summed E-state index contributed by atoms with van der Waals surface area (Å²) in [6.45, 7) is 1.80. The van der Waals surface area contributed by atoms with Crippen LogP contribution in [0, 0.1) is 0 Å². The molecule has 0 aliphatic carbocycles. The molecule has 0 bridgehead atoms. The van der Waals surface area contributed by atoms with Crippen molar-refractivity contribution in [3.05, 3.63) is 24.0 Å². The minimum atomic E-state index is -1.06. The van der Waals surface area contributed by atoms with Crippen molar-refractivity contribution in [3.8, 4) is 0 Å². The molecule has 6 nitrogen and oxygen atoms in total. The largest absolute Gasteiger partial charge is 0.477 e. The highest BCUT2D eigenvalue weighted by atomic mass is 32.2. The molecule has 2 N–H and O–H groups in total. The number of carboxylic acids is 1. The van der Waals surface area contributed by atoms with Crippen molar-refractivity contribution in [3.63, 3.8) is 0 Å². The summed E-state index contributed by atoms with van der Waals surface area (Å²) in [5, 5.41) is 11.7. The van der Waals surface area contributed by atoms with E-state index in [1.54, 1.807) is 18.5 Å². The van der Waals surface area contributed by atoms with Crippen molar-refractivity contribution in [1.82, 2.24) is 9.88 Å². The molecule has 1 aromatic heterocycles. The number of aromatic nitrogens is 1. The predicted molar refractivity (Wildman–Crippen MR) is 72.5 cm³/mol. The van der Waals surface area contributed by atoms with Crippen molar-refractivity contribution in [2.75, 3.05) is 12.0 Å². The molecule has 1 rings (SSSR count). The third kappa shape index (κ3) is 5.25. The van der Waals surface area contributed by atoms with Gasteiger partial charge in [-0.1, -0.05) is 0 Å².